The molecule has 3 rings (SSSR count). The van der Waals surface area contributed by atoms with Crippen LogP contribution in [0.15, 0.2) is 18.2 Å². The number of rotatable bonds is 2. The fourth-order valence-electron chi connectivity index (χ4n) is 3.76. The highest BCUT2D eigenvalue weighted by Crippen LogP contribution is 2.33. The van der Waals surface area contributed by atoms with Gasteiger partial charge in [0.2, 0.25) is 0 Å². The number of anilines is 2. The predicted octanol–water partition coefficient (Wildman–Crippen LogP) is 2.51. The van der Waals surface area contributed by atoms with E-state index in [2.05, 4.69) is 10.00 Å². The van der Waals surface area contributed by atoms with E-state index in [1.165, 1.54) is 0 Å². The number of nitrogen functional groups attached to an aromatic ring is 1. The molecular formula is C17H25N5O2. The SMILES string of the molecule is Cn1nc(N)c2cccc(N3CC[C@@H](N(C(=O)O)C(C)(C)C)C3)c21. The number of amides is 1. The van der Waals surface area contributed by atoms with Crippen LogP contribution in [0.5, 0.6) is 0 Å². The first kappa shape index (κ1) is 16.4. The van der Waals surface area contributed by atoms with Crippen LogP contribution in [0, 0.1) is 0 Å². The molecule has 1 aliphatic heterocycles. The highest BCUT2D eigenvalue weighted by atomic mass is 16.4. The number of nitrogens with zero attached hydrogens (tertiary/aromatic N) is 4. The molecule has 1 saturated heterocycles. The largest absolute Gasteiger partial charge is 0.465 e. The maximum Gasteiger partial charge on any atom is 0.408 e. The molecule has 24 heavy (non-hydrogen) atoms. The Hall–Kier alpha value is -2.44. The maximum absolute atomic E-state index is 11.7. The molecule has 130 valence electrons. The Balaban J connectivity index is 1.93. The summed E-state index contributed by atoms with van der Waals surface area (Å²) < 4.78 is 1.80. The van der Waals surface area contributed by atoms with Crippen LogP contribution in [-0.2, 0) is 7.05 Å². The fourth-order valence-corrected chi connectivity index (χ4v) is 3.76. The van der Waals surface area contributed by atoms with Gasteiger partial charge in [-0.1, -0.05) is 6.07 Å². The van der Waals surface area contributed by atoms with E-state index >= 15 is 0 Å². The van der Waals surface area contributed by atoms with Gasteiger partial charge in [0, 0.05) is 31.1 Å². The molecule has 1 atom stereocenters. The Morgan fingerprint density at radius 2 is 2.12 bits per heavy atom. The molecule has 0 spiro atoms. The van der Waals surface area contributed by atoms with Gasteiger partial charge in [-0.2, -0.15) is 5.10 Å². The second-order valence-corrected chi connectivity index (χ2v) is 7.39. The zero-order chi connectivity index (χ0) is 17.6. The highest BCUT2D eigenvalue weighted by Gasteiger charge is 2.37. The topological polar surface area (TPSA) is 87.6 Å². The minimum Gasteiger partial charge on any atom is -0.465 e. The number of benzene rings is 1. The van der Waals surface area contributed by atoms with Crippen molar-refractivity contribution in [2.75, 3.05) is 23.7 Å². The van der Waals surface area contributed by atoms with E-state index in [-0.39, 0.29) is 6.04 Å². The van der Waals surface area contributed by atoms with Crippen LogP contribution >= 0.6 is 0 Å². The summed E-state index contributed by atoms with van der Waals surface area (Å²) in [7, 11) is 1.88. The van der Waals surface area contributed by atoms with Crippen molar-refractivity contribution in [3.63, 3.8) is 0 Å². The summed E-state index contributed by atoms with van der Waals surface area (Å²) >= 11 is 0. The van der Waals surface area contributed by atoms with Gasteiger partial charge in [-0.3, -0.25) is 9.58 Å². The quantitative estimate of drug-likeness (QED) is 0.883. The van der Waals surface area contributed by atoms with Gasteiger partial charge >= 0.3 is 6.09 Å². The van der Waals surface area contributed by atoms with E-state index in [4.69, 9.17) is 5.73 Å². The Kier molecular flexibility index (Phi) is 3.81. The van der Waals surface area contributed by atoms with Crippen molar-refractivity contribution in [3.8, 4) is 0 Å². The van der Waals surface area contributed by atoms with E-state index in [0.29, 0.717) is 12.4 Å². The molecule has 1 aliphatic rings. The number of carboxylic acid groups (broad SMARTS) is 1. The molecule has 0 unspecified atom stereocenters. The summed E-state index contributed by atoms with van der Waals surface area (Å²) in [6.07, 6.45) is -0.0508. The van der Waals surface area contributed by atoms with Gasteiger partial charge in [-0.25, -0.2) is 4.79 Å². The molecule has 3 N–H and O–H groups in total. The van der Waals surface area contributed by atoms with Crippen LogP contribution in [0.2, 0.25) is 0 Å². The Bertz CT molecular complexity index is 777. The van der Waals surface area contributed by atoms with Crippen LogP contribution < -0.4 is 10.6 Å². The lowest BCUT2D eigenvalue weighted by molar-refractivity contribution is 0.0763. The molecule has 1 amide bonds. The molecule has 1 aromatic heterocycles. The number of hydrogen-bond donors (Lipinski definition) is 2. The number of aromatic nitrogens is 2. The van der Waals surface area contributed by atoms with Crippen molar-refractivity contribution in [2.45, 2.75) is 38.8 Å². The average molecular weight is 331 g/mol. The first-order valence-corrected chi connectivity index (χ1v) is 8.18. The molecule has 1 aromatic carbocycles. The van der Waals surface area contributed by atoms with Crippen molar-refractivity contribution in [2.24, 2.45) is 7.05 Å². The lowest BCUT2D eigenvalue weighted by Gasteiger charge is -2.38. The van der Waals surface area contributed by atoms with E-state index in [9.17, 15) is 9.90 Å². The third-order valence-corrected chi connectivity index (χ3v) is 4.67. The van der Waals surface area contributed by atoms with E-state index in [1.807, 2.05) is 46.0 Å². The number of para-hydroxylation sites is 1. The van der Waals surface area contributed by atoms with Crippen LogP contribution in [0.1, 0.15) is 27.2 Å². The number of fused-ring (bicyclic) bond motifs is 1. The maximum atomic E-state index is 11.7. The van der Waals surface area contributed by atoms with Crippen LogP contribution in [0.4, 0.5) is 16.3 Å². The zero-order valence-corrected chi connectivity index (χ0v) is 14.7. The van der Waals surface area contributed by atoms with Gasteiger partial charge < -0.3 is 15.7 Å². The summed E-state index contributed by atoms with van der Waals surface area (Å²) in [5.74, 6) is 0.520. The third-order valence-electron chi connectivity index (χ3n) is 4.67. The molecule has 2 aromatic rings. The second kappa shape index (κ2) is 5.58. The van der Waals surface area contributed by atoms with Gasteiger partial charge in [-0.15, -0.1) is 0 Å². The van der Waals surface area contributed by atoms with Gasteiger partial charge in [0.05, 0.1) is 17.2 Å². The minimum absolute atomic E-state index is 0.0247. The first-order valence-electron chi connectivity index (χ1n) is 8.18. The number of aryl methyl sites for hydroxylation is 1. The molecule has 0 saturated carbocycles. The second-order valence-electron chi connectivity index (χ2n) is 7.39. The van der Waals surface area contributed by atoms with Crippen molar-refractivity contribution in [1.29, 1.82) is 0 Å². The van der Waals surface area contributed by atoms with E-state index in [0.717, 1.165) is 29.6 Å². The normalized spacial score (nSPS) is 18.3. The molecule has 7 nitrogen and oxygen atoms in total. The molecule has 0 radical (unpaired) electrons. The molecule has 0 aliphatic carbocycles. The number of nitrogens with two attached hydrogens (primary N) is 1. The summed E-state index contributed by atoms with van der Waals surface area (Å²) in [6.45, 7) is 7.30. The third kappa shape index (κ3) is 2.64. The van der Waals surface area contributed by atoms with Crippen LogP contribution in [0.25, 0.3) is 10.9 Å². The minimum atomic E-state index is -0.864. The monoisotopic (exact) mass is 331 g/mol. The first-order chi connectivity index (χ1) is 11.2. The van der Waals surface area contributed by atoms with Gasteiger partial charge in [-0.05, 0) is 39.3 Å². The highest BCUT2D eigenvalue weighted by molar-refractivity contribution is 5.98. The number of carbonyl (C=O) groups is 1. The summed E-state index contributed by atoms with van der Waals surface area (Å²) in [4.78, 5) is 15.5. The summed E-state index contributed by atoms with van der Waals surface area (Å²) in [5, 5.41) is 14.9. The Labute approximate surface area is 141 Å². The number of hydrogen-bond acceptors (Lipinski definition) is 4. The lowest BCUT2D eigenvalue weighted by atomic mass is 10.0. The Morgan fingerprint density at radius 1 is 1.42 bits per heavy atom. The summed E-state index contributed by atoms with van der Waals surface area (Å²) in [6, 6.07) is 5.96. The predicted molar refractivity (Wildman–Crippen MR) is 95.4 cm³/mol. The molecule has 2 heterocycles. The molecular weight excluding hydrogens is 306 g/mol. The van der Waals surface area contributed by atoms with Crippen molar-refractivity contribution >= 4 is 28.5 Å². The van der Waals surface area contributed by atoms with E-state index < -0.39 is 11.6 Å². The van der Waals surface area contributed by atoms with Gasteiger partial charge in [0.25, 0.3) is 0 Å². The van der Waals surface area contributed by atoms with Crippen molar-refractivity contribution in [3.05, 3.63) is 18.2 Å². The Morgan fingerprint density at radius 3 is 2.75 bits per heavy atom. The standard InChI is InChI=1S/C17H25N5O2/c1-17(2,3)22(16(23)24)11-8-9-21(10-11)13-7-5-6-12-14(13)20(4)19-15(12)18/h5-7,11H,8-10H2,1-4H3,(H2,18,19)(H,23,24)/t11-/m1/s1. The average Bonchev–Trinajstić information content (AvgIpc) is 3.03. The van der Waals surface area contributed by atoms with Crippen LogP contribution in [-0.4, -0.2) is 50.6 Å². The lowest BCUT2D eigenvalue weighted by Crippen LogP contribution is -2.52. The fraction of sp³-hybridized carbons (Fsp3) is 0.529. The van der Waals surface area contributed by atoms with Gasteiger partial charge in [0.1, 0.15) is 0 Å². The van der Waals surface area contributed by atoms with E-state index in [1.54, 1.807) is 9.58 Å². The molecule has 0 bridgehead atoms. The van der Waals surface area contributed by atoms with Gasteiger partial charge in [0.15, 0.2) is 5.82 Å². The molecule has 7 heteroatoms. The molecule has 1 fully saturated rings. The summed E-state index contributed by atoms with van der Waals surface area (Å²) in [5.41, 5.74) is 7.61. The van der Waals surface area contributed by atoms with Crippen molar-refractivity contribution in [1.82, 2.24) is 14.7 Å². The van der Waals surface area contributed by atoms with Crippen LogP contribution in [0.3, 0.4) is 0 Å². The zero-order valence-electron chi connectivity index (χ0n) is 14.7. The smallest absolute Gasteiger partial charge is 0.408 e. The van der Waals surface area contributed by atoms with Crippen molar-refractivity contribution < 1.29 is 9.90 Å².